The van der Waals surface area contributed by atoms with Crippen LogP contribution in [0.3, 0.4) is 0 Å². The molecule has 0 aromatic heterocycles. The van der Waals surface area contributed by atoms with Crippen molar-refractivity contribution in [3.05, 3.63) is 34.9 Å². The zero-order chi connectivity index (χ0) is 17.7. The molecule has 0 aliphatic carbocycles. The Kier molecular flexibility index (Phi) is 5.83. The maximum atomic E-state index is 12.1. The first-order chi connectivity index (χ1) is 11.3. The van der Waals surface area contributed by atoms with Crippen molar-refractivity contribution in [1.29, 1.82) is 0 Å². The summed E-state index contributed by atoms with van der Waals surface area (Å²) in [6.07, 6.45) is 1.27. The summed E-state index contributed by atoms with van der Waals surface area (Å²) in [7, 11) is 0. The first kappa shape index (κ1) is 18.3. The van der Waals surface area contributed by atoms with Gasteiger partial charge >= 0.3 is 5.97 Å². The van der Waals surface area contributed by atoms with Gasteiger partial charge in [-0.25, -0.2) is 0 Å². The smallest absolute Gasteiger partial charge is 0.311 e. The highest BCUT2D eigenvalue weighted by Crippen LogP contribution is 2.30. The highest BCUT2D eigenvalue weighted by molar-refractivity contribution is 6.30. The fraction of sp³-hybridized carbons (Fsp3) is 0.471. The second-order valence-electron chi connectivity index (χ2n) is 6.30. The standard InChI is InChI=1S/C17H21ClN2O4/c1-17(16(23)24)8-10-20(11-17)14(21)3-2-9-19-15(22)12-4-6-13(18)7-5-12/h4-7H,2-3,8-11H2,1H3,(H,19,22)(H,23,24). The molecule has 1 heterocycles. The molecule has 1 saturated heterocycles. The normalized spacial score (nSPS) is 20.0. The zero-order valence-corrected chi connectivity index (χ0v) is 14.3. The molecule has 0 spiro atoms. The van der Waals surface area contributed by atoms with E-state index in [0.29, 0.717) is 36.5 Å². The van der Waals surface area contributed by atoms with Crippen molar-refractivity contribution >= 4 is 29.4 Å². The van der Waals surface area contributed by atoms with E-state index in [-0.39, 0.29) is 24.8 Å². The average Bonchev–Trinajstić information content (AvgIpc) is 2.96. The van der Waals surface area contributed by atoms with Gasteiger partial charge in [-0.05, 0) is 44.0 Å². The Morgan fingerprint density at radius 3 is 2.54 bits per heavy atom. The van der Waals surface area contributed by atoms with Gasteiger partial charge in [-0.15, -0.1) is 0 Å². The quantitative estimate of drug-likeness (QED) is 0.768. The molecule has 2 N–H and O–H groups in total. The number of benzene rings is 1. The number of aliphatic carboxylic acids is 1. The van der Waals surface area contributed by atoms with Gasteiger partial charge in [-0.1, -0.05) is 11.6 Å². The second kappa shape index (κ2) is 7.66. The van der Waals surface area contributed by atoms with Crippen LogP contribution in [0.1, 0.15) is 36.5 Å². The molecule has 1 fully saturated rings. The number of halogens is 1. The Bertz CT molecular complexity index is 632. The van der Waals surface area contributed by atoms with E-state index < -0.39 is 11.4 Å². The van der Waals surface area contributed by atoms with Crippen molar-refractivity contribution in [1.82, 2.24) is 10.2 Å². The molecule has 2 amide bonds. The third-order valence-electron chi connectivity index (χ3n) is 4.30. The summed E-state index contributed by atoms with van der Waals surface area (Å²) in [6.45, 7) is 2.77. The number of hydrogen-bond donors (Lipinski definition) is 2. The van der Waals surface area contributed by atoms with E-state index in [9.17, 15) is 19.5 Å². The van der Waals surface area contributed by atoms with E-state index in [1.54, 1.807) is 36.1 Å². The fourth-order valence-corrected chi connectivity index (χ4v) is 2.78. The second-order valence-corrected chi connectivity index (χ2v) is 6.73. The van der Waals surface area contributed by atoms with Crippen LogP contribution in [0.4, 0.5) is 0 Å². The largest absolute Gasteiger partial charge is 0.481 e. The first-order valence-corrected chi connectivity index (χ1v) is 8.24. The van der Waals surface area contributed by atoms with E-state index in [4.69, 9.17) is 11.6 Å². The maximum absolute atomic E-state index is 12.1. The van der Waals surface area contributed by atoms with Crippen LogP contribution in [-0.4, -0.2) is 47.4 Å². The molecule has 6 nitrogen and oxygen atoms in total. The number of amides is 2. The monoisotopic (exact) mass is 352 g/mol. The number of carbonyl (C=O) groups excluding carboxylic acids is 2. The molecular weight excluding hydrogens is 332 g/mol. The summed E-state index contributed by atoms with van der Waals surface area (Å²) >= 11 is 5.77. The lowest BCUT2D eigenvalue weighted by atomic mass is 9.90. The van der Waals surface area contributed by atoms with Gasteiger partial charge in [0.15, 0.2) is 0 Å². The zero-order valence-electron chi connectivity index (χ0n) is 13.5. The minimum absolute atomic E-state index is 0.0688. The number of rotatable bonds is 6. The number of carboxylic acids is 1. The SMILES string of the molecule is CC1(C(=O)O)CCN(C(=O)CCCNC(=O)c2ccc(Cl)cc2)C1. The molecule has 2 rings (SSSR count). The molecule has 1 atom stereocenters. The van der Waals surface area contributed by atoms with Crippen molar-refractivity contribution < 1.29 is 19.5 Å². The molecule has 0 radical (unpaired) electrons. The fourth-order valence-electron chi connectivity index (χ4n) is 2.65. The molecule has 7 heteroatoms. The Hall–Kier alpha value is -2.08. The Morgan fingerprint density at radius 2 is 1.96 bits per heavy atom. The van der Waals surface area contributed by atoms with Crippen LogP contribution in [0.25, 0.3) is 0 Å². The highest BCUT2D eigenvalue weighted by atomic mass is 35.5. The molecular formula is C17H21ClN2O4. The highest BCUT2D eigenvalue weighted by Gasteiger charge is 2.41. The van der Waals surface area contributed by atoms with Gasteiger partial charge < -0.3 is 15.3 Å². The summed E-state index contributed by atoms with van der Waals surface area (Å²) in [4.78, 5) is 36.8. The molecule has 1 aliphatic heterocycles. The van der Waals surface area contributed by atoms with E-state index in [0.717, 1.165) is 0 Å². The van der Waals surface area contributed by atoms with Gasteiger partial charge in [-0.3, -0.25) is 14.4 Å². The van der Waals surface area contributed by atoms with Gasteiger partial charge in [0.1, 0.15) is 0 Å². The number of carboxylic acid groups (broad SMARTS) is 1. The van der Waals surface area contributed by atoms with Crippen molar-refractivity contribution in [2.24, 2.45) is 5.41 Å². The van der Waals surface area contributed by atoms with Crippen molar-refractivity contribution in [2.45, 2.75) is 26.2 Å². The van der Waals surface area contributed by atoms with Crippen LogP contribution < -0.4 is 5.32 Å². The molecule has 0 bridgehead atoms. The summed E-state index contributed by atoms with van der Waals surface area (Å²) in [5.74, 6) is -1.15. The topological polar surface area (TPSA) is 86.7 Å². The lowest BCUT2D eigenvalue weighted by Gasteiger charge is -2.20. The molecule has 24 heavy (non-hydrogen) atoms. The Morgan fingerprint density at radius 1 is 1.29 bits per heavy atom. The van der Waals surface area contributed by atoms with E-state index in [1.807, 2.05) is 0 Å². The van der Waals surface area contributed by atoms with Crippen molar-refractivity contribution in [2.75, 3.05) is 19.6 Å². The van der Waals surface area contributed by atoms with Crippen molar-refractivity contribution in [3.63, 3.8) is 0 Å². The third kappa shape index (κ3) is 4.47. The molecule has 1 aromatic carbocycles. The number of nitrogens with zero attached hydrogens (tertiary/aromatic N) is 1. The van der Waals surface area contributed by atoms with Crippen molar-refractivity contribution in [3.8, 4) is 0 Å². The van der Waals surface area contributed by atoms with Gasteiger partial charge in [0.25, 0.3) is 5.91 Å². The van der Waals surface area contributed by atoms with Gasteiger partial charge in [-0.2, -0.15) is 0 Å². The molecule has 1 aliphatic rings. The molecule has 0 saturated carbocycles. The predicted octanol–water partition coefficient (Wildman–Crippen LogP) is 2.17. The van der Waals surface area contributed by atoms with Crippen LogP contribution in [0.2, 0.25) is 5.02 Å². The number of carbonyl (C=O) groups is 3. The van der Waals surface area contributed by atoms with Crippen LogP contribution in [0.5, 0.6) is 0 Å². The van der Waals surface area contributed by atoms with Gasteiger partial charge in [0.05, 0.1) is 5.41 Å². The van der Waals surface area contributed by atoms with E-state index in [2.05, 4.69) is 5.32 Å². The van der Waals surface area contributed by atoms with Crippen LogP contribution in [0.15, 0.2) is 24.3 Å². The average molecular weight is 353 g/mol. The summed E-state index contributed by atoms with van der Waals surface area (Å²) in [5.41, 5.74) is -0.333. The van der Waals surface area contributed by atoms with E-state index >= 15 is 0 Å². The predicted molar refractivity (Wildman–Crippen MR) is 90.0 cm³/mol. The Balaban J connectivity index is 1.71. The Labute approximate surface area is 145 Å². The minimum Gasteiger partial charge on any atom is -0.481 e. The minimum atomic E-state index is -0.868. The maximum Gasteiger partial charge on any atom is 0.311 e. The number of nitrogens with one attached hydrogen (secondary N) is 1. The third-order valence-corrected chi connectivity index (χ3v) is 4.55. The van der Waals surface area contributed by atoms with Crippen LogP contribution >= 0.6 is 11.6 Å². The lowest BCUT2D eigenvalue weighted by Crippen LogP contribution is -2.35. The van der Waals surface area contributed by atoms with Gasteiger partial charge in [0, 0.05) is 36.6 Å². The number of likely N-dealkylation sites (tertiary alicyclic amines) is 1. The number of hydrogen-bond acceptors (Lipinski definition) is 3. The van der Waals surface area contributed by atoms with Gasteiger partial charge in [0.2, 0.25) is 5.91 Å². The lowest BCUT2D eigenvalue weighted by molar-refractivity contribution is -0.147. The molecule has 1 unspecified atom stereocenters. The molecule has 1 aromatic rings. The van der Waals surface area contributed by atoms with Crippen LogP contribution in [-0.2, 0) is 9.59 Å². The summed E-state index contributed by atoms with van der Waals surface area (Å²) < 4.78 is 0. The summed E-state index contributed by atoms with van der Waals surface area (Å²) in [6, 6.07) is 6.57. The van der Waals surface area contributed by atoms with E-state index in [1.165, 1.54) is 0 Å². The molecule has 130 valence electrons. The first-order valence-electron chi connectivity index (χ1n) is 7.87. The van der Waals surface area contributed by atoms with Crippen LogP contribution in [0, 0.1) is 5.41 Å². The summed E-state index contributed by atoms with van der Waals surface area (Å²) in [5, 5.41) is 12.5.